The molecule has 1 heterocycles. The Morgan fingerprint density at radius 1 is 1.19 bits per heavy atom. The Morgan fingerprint density at radius 2 is 1.86 bits per heavy atom. The monoisotopic (exact) mass is 286 g/mol. The molecule has 0 aliphatic heterocycles. The van der Waals surface area contributed by atoms with Crippen LogP contribution in [0.5, 0.6) is 0 Å². The summed E-state index contributed by atoms with van der Waals surface area (Å²) in [5, 5.41) is 2.91. The third-order valence-corrected chi connectivity index (χ3v) is 3.21. The van der Waals surface area contributed by atoms with Crippen molar-refractivity contribution in [3.05, 3.63) is 59.5 Å². The Morgan fingerprint density at radius 3 is 2.43 bits per heavy atom. The van der Waals surface area contributed by atoms with Gasteiger partial charge in [0.25, 0.3) is 5.91 Å². The number of carbonyl (C=O) groups is 2. The van der Waals surface area contributed by atoms with Crippen molar-refractivity contribution in [2.45, 2.75) is 25.8 Å². The van der Waals surface area contributed by atoms with Gasteiger partial charge in [0, 0.05) is 23.6 Å². The summed E-state index contributed by atoms with van der Waals surface area (Å²) >= 11 is 0. The molecule has 1 unspecified atom stereocenters. The second kappa shape index (κ2) is 6.74. The average Bonchev–Trinajstić information content (AvgIpc) is 2.98. The number of carbonyl (C=O) groups excluding carboxylic acids is 2. The number of aryl methyl sites for hydroxylation is 1. The van der Waals surface area contributed by atoms with Crippen molar-refractivity contribution in [2.75, 3.05) is 0 Å². The van der Waals surface area contributed by atoms with E-state index in [1.807, 2.05) is 19.1 Å². The number of hydrogen-bond acceptors (Lipinski definition) is 3. The van der Waals surface area contributed by atoms with Crippen molar-refractivity contribution >= 4 is 11.8 Å². The van der Waals surface area contributed by atoms with Gasteiger partial charge in [0.15, 0.2) is 0 Å². The Labute approximate surface area is 123 Å². The maximum absolute atomic E-state index is 12.0. The summed E-state index contributed by atoms with van der Waals surface area (Å²) in [6.45, 7) is 1.94. The van der Waals surface area contributed by atoms with Gasteiger partial charge in [0.05, 0.1) is 6.26 Å². The third-order valence-electron chi connectivity index (χ3n) is 3.21. The van der Waals surface area contributed by atoms with E-state index in [1.165, 1.54) is 0 Å². The summed E-state index contributed by atoms with van der Waals surface area (Å²) < 4.78 is 5.25. The molecule has 0 spiro atoms. The minimum atomic E-state index is -0.506. The highest BCUT2D eigenvalue weighted by Crippen LogP contribution is 2.08. The van der Waals surface area contributed by atoms with Crippen LogP contribution in [0.15, 0.2) is 47.1 Å². The van der Waals surface area contributed by atoms with Gasteiger partial charge in [-0.25, -0.2) is 0 Å². The smallest absolute Gasteiger partial charge is 0.251 e. The molecular formula is C16H18N2O3. The molecule has 5 nitrogen and oxygen atoms in total. The van der Waals surface area contributed by atoms with Crippen LogP contribution in [0.25, 0.3) is 0 Å². The van der Waals surface area contributed by atoms with Crippen LogP contribution in [-0.2, 0) is 6.42 Å². The first-order chi connectivity index (χ1) is 10.1. The van der Waals surface area contributed by atoms with Crippen LogP contribution in [0, 0.1) is 0 Å². The van der Waals surface area contributed by atoms with Crippen molar-refractivity contribution in [1.29, 1.82) is 0 Å². The van der Waals surface area contributed by atoms with E-state index in [4.69, 9.17) is 10.2 Å². The van der Waals surface area contributed by atoms with Gasteiger partial charge in [-0.2, -0.15) is 0 Å². The third kappa shape index (κ3) is 4.21. The van der Waals surface area contributed by atoms with Crippen molar-refractivity contribution in [1.82, 2.24) is 5.32 Å². The molecule has 1 atom stereocenters. The molecule has 0 fully saturated rings. The Hall–Kier alpha value is -2.56. The van der Waals surface area contributed by atoms with E-state index in [2.05, 4.69) is 5.32 Å². The molecule has 110 valence electrons. The van der Waals surface area contributed by atoms with E-state index in [-0.39, 0.29) is 11.9 Å². The van der Waals surface area contributed by atoms with E-state index >= 15 is 0 Å². The molecule has 2 rings (SSSR count). The Kier molecular flexibility index (Phi) is 4.77. The molecule has 0 bridgehead atoms. The van der Waals surface area contributed by atoms with E-state index in [0.29, 0.717) is 11.1 Å². The second-order valence-electron chi connectivity index (χ2n) is 4.93. The molecule has 1 aromatic carbocycles. The van der Waals surface area contributed by atoms with Gasteiger partial charge in [-0.3, -0.25) is 9.59 Å². The average molecular weight is 286 g/mol. The first-order valence-electron chi connectivity index (χ1n) is 6.79. The van der Waals surface area contributed by atoms with Gasteiger partial charge < -0.3 is 15.5 Å². The summed E-state index contributed by atoms with van der Waals surface area (Å²) in [4.78, 5) is 23.0. The number of amides is 2. The molecule has 1 aromatic heterocycles. The van der Waals surface area contributed by atoms with E-state index in [0.717, 1.165) is 18.6 Å². The van der Waals surface area contributed by atoms with Gasteiger partial charge >= 0.3 is 0 Å². The molecule has 0 saturated heterocycles. The lowest BCUT2D eigenvalue weighted by Gasteiger charge is -2.13. The van der Waals surface area contributed by atoms with E-state index < -0.39 is 5.91 Å². The summed E-state index contributed by atoms with van der Waals surface area (Å²) in [5.74, 6) is 0.230. The van der Waals surface area contributed by atoms with Crippen LogP contribution in [0.1, 0.15) is 39.8 Å². The first kappa shape index (κ1) is 14.8. The van der Waals surface area contributed by atoms with Crippen LogP contribution < -0.4 is 11.1 Å². The fraction of sp³-hybridized carbons (Fsp3) is 0.250. The van der Waals surface area contributed by atoms with Crippen LogP contribution in [0.2, 0.25) is 0 Å². The van der Waals surface area contributed by atoms with Gasteiger partial charge in [-0.1, -0.05) is 0 Å². The molecule has 5 heteroatoms. The van der Waals surface area contributed by atoms with Crippen molar-refractivity contribution in [3.63, 3.8) is 0 Å². The topological polar surface area (TPSA) is 85.3 Å². The highest BCUT2D eigenvalue weighted by Gasteiger charge is 2.11. The predicted octanol–water partition coefficient (Wildman–Crippen LogP) is 2.13. The van der Waals surface area contributed by atoms with E-state index in [9.17, 15) is 9.59 Å². The molecule has 2 aromatic rings. The molecule has 0 aliphatic rings. The van der Waals surface area contributed by atoms with Crippen LogP contribution in [0.3, 0.4) is 0 Å². The maximum atomic E-state index is 12.0. The number of hydrogen-bond donors (Lipinski definition) is 2. The maximum Gasteiger partial charge on any atom is 0.251 e. The van der Waals surface area contributed by atoms with Crippen LogP contribution >= 0.6 is 0 Å². The molecule has 0 aliphatic carbocycles. The number of rotatable bonds is 6. The lowest BCUT2D eigenvalue weighted by molar-refractivity contribution is 0.0936. The number of furan rings is 1. The number of benzene rings is 1. The fourth-order valence-corrected chi connectivity index (χ4v) is 1.98. The molecular weight excluding hydrogens is 268 g/mol. The standard InChI is InChI=1S/C16H18N2O3/c1-11(4-9-14-3-2-10-21-14)18-16(20)13-7-5-12(6-8-13)15(17)19/h2-3,5-8,10-11H,4,9H2,1H3,(H2,17,19)(H,18,20). The fourth-order valence-electron chi connectivity index (χ4n) is 1.98. The van der Waals surface area contributed by atoms with Crippen molar-refractivity contribution in [3.8, 4) is 0 Å². The van der Waals surface area contributed by atoms with Crippen LogP contribution in [-0.4, -0.2) is 17.9 Å². The second-order valence-corrected chi connectivity index (χ2v) is 4.93. The SMILES string of the molecule is CC(CCc1ccco1)NC(=O)c1ccc(C(N)=O)cc1. The zero-order chi connectivity index (χ0) is 15.2. The zero-order valence-corrected chi connectivity index (χ0v) is 11.8. The highest BCUT2D eigenvalue weighted by molar-refractivity contribution is 5.97. The van der Waals surface area contributed by atoms with E-state index in [1.54, 1.807) is 30.5 Å². The quantitative estimate of drug-likeness (QED) is 0.853. The molecule has 21 heavy (non-hydrogen) atoms. The molecule has 3 N–H and O–H groups in total. The summed E-state index contributed by atoms with van der Waals surface area (Å²) in [6, 6.07) is 10.1. The predicted molar refractivity (Wildman–Crippen MR) is 78.9 cm³/mol. The number of primary amides is 1. The van der Waals surface area contributed by atoms with Crippen LogP contribution in [0.4, 0.5) is 0 Å². The lowest BCUT2D eigenvalue weighted by Crippen LogP contribution is -2.32. The number of nitrogens with two attached hydrogens (primary N) is 1. The van der Waals surface area contributed by atoms with Crippen molar-refractivity contribution < 1.29 is 14.0 Å². The van der Waals surface area contributed by atoms with Gasteiger partial charge in [-0.15, -0.1) is 0 Å². The minimum Gasteiger partial charge on any atom is -0.469 e. The largest absolute Gasteiger partial charge is 0.469 e. The summed E-state index contributed by atoms with van der Waals surface area (Å²) in [5.41, 5.74) is 6.05. The normalized spacial score (nSPS) is 11.9. The van der Waals surface area contributed by atoms with Gasteiger partial charge in [0.2, 0.25) is 5.91 Å². The van der Waals surface area contributed by atoms with Gasteiger partial charge in [0.1, 0.15) is 5.76 Å². The summed E-state index contributed by atoms with van der Waals surface area (Å²) in [6.07, 6.45) is 3.20. The molecule has 0 radical (unpaired) electrons. The number of nitrogens with one attached hydrogen (secondary N) is 1. The van der Waals surface area contributed by atoms with Crippen molar-refractivity contribution in [2.24, 2.45) is 5.73 Å². The lowest BCUT2D eigenvalue weighted by atomic mass is 10.1. The summed E-state index contributed by atoms with van der Waals surface area (Å²) in [7, 11) is 0. The Balaban J connectivity index is 1.86. The minimum absolute atomic E-state index is 0.0263. The first-order valence-corrected chi connectivity index (χ1v) is 6.79. The molecule has 2 amide bonds. The zero-order valence-electron chi connectivity index (χ0n) is 11.8. The van der Waals surface area contributed by atoms with Gasteiger partial charge in [-0.05, 0) is 49.7 Å². The highest BCUT2D eigenvalue weighted by atomic mass is 16.3. The Bertz CT molecular complexity index is 603. The molecule has 0 saturated carbocycles.